The molecule has 1 amide bonds. The third-order valence-electron chi connectivity index (χ3n) is 5.43. The SMILES string of the molecule is Cc1cn(-c2cc(NC(=O)c3ccc(N(c4cnccn4)c4ncccn4)cc3)cc(C(F)(F)F)c2)cn1. The number of nitrogens with zero attached hydrogens (tertiary/aromatic N) is 7. The van der Waals surface area contributed by atoms with Crippen molar-refractivity contribution in [2.75, 3.05) is 10.2 Å². The monoisotopic (exact) mass is 516 g/mol. The molecule has 5 aromatic rings. The topological polar surface area (TPSA) is 102 Å². The molecule has 0 spiro atoms. The predicted molar refractivity (Wildman–Crippen MR) is 134 cm³/mol. The second-order valence-corrected chi connectivity index (χ2v) is 8.14. The Morgan fingerprint density at radius 2 is 1.71 bits per heavy atom. The first-order chi connectivity index (χ1) is 18.3. The highest BCUT2D eigenvalue weighted by molar-refractivity contribution is 6.04. The summed E-state index contributed by atoms with van der Waals surface area (Å²) in [5.41, 5.74) is 0.797. The van der Waals surface area contributed by atoms with Crippen molar-refractivity contribution in [1.82, 2.24) is 29.5 Å². The lowest BCUT2D eigenvalue weighted by molar-refractivity contribution is -0.137. The van der Waals surface area contributed by atoms with Crippen LogP contribution in [0.2, 0.25) is 0 Å². The van der Waals surface area contributed by atoms with Gasteiger partial charge < -0.3 is 9.88 Å². The number of imidazole rings is 1. The van der Waals surface area contributed by atoms with E-state index >= 15 is 0 Å². The minimum absolute atomic E-state index is 0.00544. The number of halogens is 3. The molecule has 0 fully saturated rings. The van der Waals surface area contributed by atoms with Crippen LogP contribution >= 0.6 is 0 Å². The number of hydrogen-bond acceptors (Lipinski definition) is 7. The van der Waals surface area contributed by atoms with Crippen molar-refractivity contribution < 1.29 is 18.0 Å². The number of alkyl halides is 3. The maximum Gasteiger partial charge on any atom is 0.416 e. The number of aromatic nitrogens is 6. The molecular weight excluding hydrogens is 497 g/mol. The molecule has 0 aliphatic heterocycles. The highest BCUT2D eigenvalue weighted by atomic mass is 19.4. The van der Waals surface area contributed by atoms with E-state index in [1.807, 2.05) is 0 Å². The molecule has 190 valence electrons. The Balaban J connectivity index is 1.43. The number of hydrogen-bond donors (Lipinski definition) is 1. The van der Waals surface area contributed by atoms with Gasteiger partial charge in [0.2, 0.25) is 5.95 Å². The minimum atomic E-state index is -4.60. The lowest BCUT2D eigenvalue weighted by Crippen LogP contribution is -2.16. The number of anilines is 4. The second kappa shape index (κ2) is 10.1. The largest absolute Gasteiger partial charge is 0.416 e. The molecule has 9 nitrogen and oxygen atoms in total. The van der Waals surface area contributed by atoms with Gasteiger partial charge in [0.1, 0.15) is 0 Å². The quantitative estimate of drug-likeness (QED) is 0.318. The molecular formula is C26H19F3N8O. The van der Waals surface area contributed by atoms with Crippen molar-refractivity contribution in [2.45, 2.75) is 13.1 Å². The van der Waals surface area contributed by atoms with Gasteiger partial charge in [0.25, 0.3) is 5.91 Å². The Kier molecular flexibility index (Phi) is 6.52. The summed E-state index contributed by atoms with van der Waals surface area (Å²) in [4.78, 5) is 35.7. The zero-order chi connectivity index (χ0) is 26.7. The Morgan fingerprint density at radius 3 is 2.34 bits per heavy atom. The first-order valence-electron chi connectivity index (χ1n) is 11.3. The van der Waals surface area contributed by atoms with Crippen LogP contribution in [0, 0.1) is 6.92 Å². The molecule has 0 unspecified atom stereocenters. The van der Waals surface area contributed by atoms with Crippen LogP contribution in [0.1, 0.15) is 21.6 Å². The molecule has 0 saturated carbocycles. The summed E-state index contributed by atoms with van der Waals surface area (Å²) in [6.45, 7) is 1.73. The number of carbonyl (C=O) groups is 1. The van der Waals surface area contributed by atoms with Gasteiger partial charge in [-0.2, -0.15) is 13.2 Å². The van der Waals surface area contributed by atoms with Crippen LogP contribution < -0.4 is 10.2 Å². The van der Waals surface area contributed by atoms with Crippen LogP contribution in [-0.4, -0.2) is 35.4 Å². The van der Waals surface area contributed by atoms with Crippen LogP contribution in [0.5, 0.6) is 0 Å². The van der Waals surface area contributed by atoms with Gasteiger partial charge in [0.15, 0.2) is 5.82 Å². The van der Waals surface area contributed by atoms with Crippen molar-refractivity contribution in [3.8, 4) is 5.69 Å². The summed E-state index contributed by atoms with van der Waals surface area (Å²) >= 11 is 0. The molecule has 0 aliphatic carbocycles. The van der Waals surface area contributed by atoms with Crippen molar-refractivity contribution in [1.29, 1.82) is 0 Å². The molecule has 3 heterocycles. The van der Waals surface area contributed by atoms with Gasteiger partial charge in [-0.3, -0.25) is 14.7 Å². The van der Waals surface area contributed by atoms with Crippen LogP contribution in [0.15, 0.2) is 92.0 Å². The fraction of sp³-hybridized carbons (Fsp3) is 0.0769. The van der Waals surface area contributed by atoms with Crippen LogP contribution in [0.4, 0.5) is 36.3 Å². The van der Waals surface area contributed by atoms with Gasteiger partial charge in [0.05, 0.1) is 29.5 Å². The molecule has 38 heavy (non-hydrogen) atoms. The fourth-order valence-electron chi connectivity index (χ4n) is 3.69. The predicted octanol–water partition coefficient (Wildman–Crippen LogP) is 5.50. The number of benzene rings is 2. The second-order valence-electron chi connectivity index (χ2n) is 8.14. The van der Waals surface area contributed by atoms with Crippen LogP contribution in [0.25, 0.3) is 5.69 Å². The van der Waals surface area contributed by atoms with Crippen molar-refractivity contribution in [3.05, 3.63) is 109 Å². The molecule has 0 atom stereocenters. The molecule has 0 bridgehead atoms. The van der Waals surface area contributed by atoms with E-state index < -0.39 is 17.6 Å². The molecule has 0 aliphatic rings. The lowest BCUT2D eigenvalue weighted by Gasteiger charge is -2.21. The lowest BCUT2D eigenvalue weighted by atomic mass is 10.1. The third-order valence-corrected chi connectivity index (χ3v) is 5.43. The van der Waals surface area contributed by atoms with Crippen LogP contribution in [0.3, 0.4) is 0 Å². The van der Waals surface area contributed by atoms with Gasteiger partial charge in [-0.25, -0.2) is 19.9 Å². The molecule has 3 aromatic heterocycles. The maximum absolute atomic E-state index is 13.6. The number of carbonyl (C=O) groups excluding carboxylic acids is 1. The Morgan fingerprint density at radius 1 is 0.947 bits per heavy atom. The van der Waals surface area contributed by atoms with E-state index in [1.165, 1.54) is 29.4 Å². The summed E-state index contributed by atoms with van der Waals surface area (Å²) in [6, 6.07) is 11.4. The Labute approximate surface area is 214 Å². The molecule has 0 saturated heterocycles. The van der Waals surface area contributed by atoms with Gasteiger partial charge in [0, 0.05) is 47.9 Å². The first-order valence-corrected chi connectivity index (χ1v) is 11.3. The zero-order valence-corrected chi connectivity index (χ0v) is 19.8. The third kappa shape index (κ3) is 5.33. The smallest absolute Gasteiger partial charge is 0.322 e. The highest BCUT2D eigenvalue weighted by Gasteiger charge is 2.31. The average Bonchev–Trinajstić information content (AvgIpc) is 3.36. The van der Waals surface area contributed by atoms with E-state index in [0.29, 0.717) is 23.1 Å². The summed E-state index contributed by atoms with van der Waals surface area (Å²) < 4.78 is 42.2. The average molecular weight is 516 g/mol. The van der Waals surface area contributed by atoms with E-state index in [4.69, 9.17) is 0 Å². The number of aryl methyl sites for hydroxylation is 1. The molecule has 5 rings (SSSR count). The number of nitrogens with one attached hydrogen (secondary N) is 1. The van der Waals surface area contributed by atoms with Crippen molar-refractivity contribution in [3.63, 3.8) is 0 Å². The van der Waals surface area contributed by atoms with E-state index in [0.717, 1.165) is 12.1 Å². The van der Waals surface area contributed by atoms with E-state index in [-0.39, 0.29) is 16.9 Å². The van der Waals surface area contributed by atoms with Gasteiger partial charge >= 0.3 is 6.18 Å². The van der Waals surface area contributed by atoms with E-state index in [9.17, 15) is 18.0 Å². The van der Waals surface area contributed by atoms with E-state index in [1.54, 1.807) is 66.9 Å². The minimum Gasteiger partial charge on any atom is -0.322 e. The van der Waals surface area contributed by atoms with Crippen LogP contribution in [-0.2, 0) is 6.18 Å². The fourth-order valence-corrected chi connectivity index (χ4v) is 3.69. The highest BCUT2D eigenvalue weighted by Crippen LogP contribution is 2.34. The normalized spacial score (nSPS) is 11.3. The summed E-state index contributed by atoms with van der Waals surface area (Å²) in [6.07, 6.45) is 6.19. The zero-order valence-electron chi connectivity index (χ0n) is 19.8. The number of rotatable bonds is 6. The molecule has 1 N–H and O–H groups in total. The van der Waals surface area contributed by atoms with Crippen molar-refractivity contribution >= 4 is 29.0 Å². The standard InChI is InChI=1S/C26H19F3N8O/c1-17-15-36(16-34-17)22-12-19(26(27,28)29)11-20(13-22)35-24(38)18-3-5-21(6-4-18)37(23-14-30-9-10-31-23)25-32-7-2-8-33-25/h2-16H,1H3,(H,35,38). The number of amides is 1. The molecule has 0 radical (unpaired) electrons. The van der Waals surface area contributed by atoms with E-state index in [2.05, 4.69) is 30.2 Å². The first kappa shape index (κ1) is 24.6. The maximum atomic E-state index is 13.6. The van der Waals surface area contributed by atoms with Gasteiger partial charge in [-0.15, -0.1) is 0 Å². The Hall–Kier alpha value is -5.13. The summed E-state index contributed by atoms with van der Waals surface area (Å²) in [5.74, 6) is 0.226. The summed E-state index contributed by atoms with van der Waals surface area (Å²) in [7, 11) is 0. The Bertz CT molecular complexity index is 1520. The molecule has 12 heteroatoms. The van der Waals surface area contributed by atoms with Crippen molar-refractivity contribution in [2.24, 2.45) is 0 Å². The molecule has 2 aromatic carbocycles. The van der Waals surface area contributed by atoms with Gasteiger partial charge in [-0.1, -0.05) is 0 Å². The van der Waals surface area contributed by atoms with Gasteiger partial charge in [-0.05, 0) is 55.5 Å². The summed E-state index contributed by atoms with van der Waals surface area (Å²) in [5, 5.41) is 2.57.